The Kier molecular flexibility index (Phi) is 5.69. The Labute approximate surface area is 128 Å². The molecule has 0 unspecified atom stereocenters. The van der Waals surface area contributed by atoms with Crippen LogP contribution in [0.2, 0.25) is 0 Å². The zero-order valence-electron chi connectivity index (χ0n) is 13.1. The summed E-state index contributed by atoms with van der Waals surface area (Å²) in [6, 6.07) is 1.57. The van der Waals surface area contributed by atoms with Crippen molar-refractivity contribution < 1.29 is 19.6 Å². The van der Waals surface area contributed by atoms with Crippen molar-refractivity contribution in [3.63, 3.8) is 0 Å². The number of nitrogens with two attached hydrogens (primary N) is 1. The number of phenols is 1. The molecule has 22 heavy (non-hydrogen) atoms. The third kappa shape index (κ3) is 3.64. The second kappa shape index (κ2) is 7.08. The quantitative estimate of drug-likeness (QED) is 0.605. The van der Waals surface area contributed by atoms with E-state index in [0.29, 0.717) is 0 Å². The summed E-state index contributed by atoms with van der Waals surface area (Å²) in [4.78, 5) is 24.1. The molecule has 0 bridgehead atoms. The molecule has 0 saturated heterocycles. The van der Waals surface area contributed by atoms with Gasteiger partial charge in [-0.1, -0.05) is 0 Å². The van der Waals surface area contributed by atoms with E-state index in [1.54, 1.807) is 13.8 Å². The topological polar surface area (TPSA) is 119 Å². The molecule has 122 valence electrons. The lowest BCUT2D eigenvalue weighted by Gasteiger charge is -2.28. The standard InChI is InChI=1S/C14H21N3O5/c1-8(2)16(14(19)9(3)15)7-10-11(17(20)21)5-6-12(22-4)13(10)18/h5-6,8-9,18H,7,15H2,1-4H3/t9-/m0/s1. The lowest BCUT2D eigenvalue weighted by Crippen LogP contribution is -2.45. The van der Waals surface area contributed by atoms with Gasteiger partial charge in [0.25, 0.3) is 5.69 Å². The third-order valence-electron chi connectivity index (χ3n) is 3.26. The molecule has 8 heteroatoms. The molecule has 0 aliphatic rings. The summed E-state index contributed by atoms with van der Waals surface area (Å²) in [5.74, 6) is -0.594. The van der Waals surface area contributed by atoms with Gasteiger partial charge >= 0.3 is 0 Å². The molecule has 0 radical (unpaired) electrons. The Bertz CT molecular complexity index is 572. The van der Waals surface area contributed by atoms with Crippen LogP contribution in [-0.2, 0) is 11.3 Å². The summed E-state index contributed by atoms with van der Waals surface area (Å²) in [6.07, 6.45) is 0. The molecule has 0 fully saturated rings. The first-order valence-electron chi connectivity index (χ1n) is 6.80. The molecule has 1 aromatic rings. The first kappa shape index (κ1) is 17.7. The molecular weight excluding hydrogens is 290 g/mol. The van der Waals surface area contributed by atoms with Crippen LogP contribution in [0.3, 0.4) is 0 Å². The van der Waals surface area contributed by atoms with Crippen LogP contribution < -0.4 is 10.5 Å². The Balaban J connectivity index is 3.34. The molecule has 1 amide bonds. The van der Waals surface area contributed by atoms with Gasteiger partial charge in [0.2, 0.25) is 5.91 Å². The van der Waals surface area contributed by atoms with Gasteiger partial charge in [-0.15, -0.1) is 0 Å². The summed E-state index contributed by atoms with van der Waals surface area (Å²) in [5, 5.41) is 21.3. The van der Waals surface area contributed by atoms with E-state index >= 15 is 0 Å². The number of phenolic OH excluding ortho intramolecular Hbond substituents is 1. The maximum atomic E-state index is 12.2. The van der Waals surface area contributed by atoms with Crippen LogP contribution in [0.5, 0.6) is 11.5 Å². The summed E-state index contributed by atoms with van der Waals surface area (Å²) < 4.78 is 4.97. The highest BCUT2D eigenvalue weighted by Gasteiger charge is 2.27. The van der Waals surface area contributed by atoms with Gasteiger partial charge in [-0.25, -0.2) is 0 Å². The Morgan fingerprint density at radius 1 is 1.45 bits per heavy atom. The summed E-state index contributed by atoms with van der Waals surface area (Å²) in [5.41, 5.74) is 5.35. The Hall–Kier alpha value is -2.35. The third-order valence-corrected chi connectivity index (χ3v) is 3.26. The number of nitro groups is 1. The van der Waals surface area contributed by atoms with Crippen LogP contribution >= 0.6 is 0 Å². The van der Waals surface area contributed by atoms with Gasteiger partial charge in [0.1, 0.15) is 0 Å². The van der Waals surface area contributed by atoms with Crippen molar-refractivity contribution in [3.05, 3.63) is 27.8 Å². The van der Waals surface area contributed by atoms with Crippen LogP contribution in [0.15, 0.2) is 12.1 Å². The highest BCUT2D eigenvalue weighted by atomic mass is 16.6. The Morgan fingerprint density at radius 3 is 2.45 bits per heavy atom. The number of nitrogens with zero attached hydrogens (tertiary/aromatic N) is 2. The summed E-state index contributed by atoms with van der Waals surface area (Å²) in [6.45, 7) is 4.95. The SMILES string of the molecule is COc1ccc([N+](=O)[O-])c(CN(C(=O)[C@H](C)N)C(C)C)c1O. The highest BCUT2D eigenvalue weighted by molar-refractivity contribution is 5.81. The molecule has 0 aliphatic heterocycles. The van der Waals surface area contributed by atoms with E-state index in [9.17, 15) is 20.0 Å². The second-order valence-corrected chi connectivity index (χ2v) is 5.22. The number of amides is 1. The van der Waals surface area contributed by atoms with Crippen LogP contribution in [0.25, 0.3) is 0 Å². The van der Waals surface area contributed by atoms with E-state index in [1.807, 2.05) is 0 Å². The van der Waals surface area contributed by atoms with Gasteiger partial charge in [-0.05, 0) is 26.8 Å². The number of carbonyl (C=O) groups excluding carboxylic acids is 1. The molecule has 0 heterocycles. The average Bonchev–Trinajstić information content (AvgIpc) is 2.44. The average molecular weight is 311 g/mol. The number of benzene rings is 1. The molecule has 3 N–H and O–H groups in total. The Morgan fingerprint density at radius 2 is 2.05 bits per heavy atom. The largest absolute Gasteiger partial charge is 0.504 e. The number of aromatic hydroxyl groups is 1. The smallest absolute Gasteiger partial charge is 0.278 e. The number of hydrogen-bond acceptors (Lipinski definition) is 6. The highest BCUT2D eigenvalue weighted by Crippen LogP contribution is 2.37. The van der Waals surface area contributed by atoms with Crippen molar-refractivity contribution >= 4 is 11.6 Å². The maximum Gasteiger partial charge on any atom is 0.278 e. The molecule has 1 aromatic carbocycles. The first-order valence-corrected chi connectivity index (χ1v) is 6.80. The minimum absolute atomic E-state index is 0.0204. The van der Waals surface area contributed by atoms with E-state index in [4.69, 9.17) is 10.5 Å². The predicted octanol–water partition coefficient (Wildman–Crippen LogP) is 1.39. The van der Waals surface area contributed by atoms with Crippen LogP contribution in [-0.4, -0.2) is 40.0 Å². The number of ether oxygens (including phenoxy) is 1. The molecule has 0 aromatic heterocycles. The minimum atomic E-state index is -0.741. The van der Waals surface area contributed by atoms with Crippen molar-refractivity contribution in [2.24, 2.45) is 5.73 Å². The molecule has 0 saturated carbocycles. The van der Waals surface area contributed by atoms with Crippen LogP contribution in [0.4, 0.5) is 5.69 Å². The fourth-order valence-corrected chi connectivity index (χ4v) is 2.04. The van der Waals surface area contributed by atoms with Gasteiger partial charge < -0.3 is 20.5 Å². The number of nitro benzene ring substituents is 1. The fraction of sp³-hybridized carbons (Fsp3) is 0.500. The van der Waals surface area contributed by atoms with E-state index in [1.165, 1.54) is 31.1 Å². The fourth-order valence-electron chi connectivity index (χ4n) is 2.04. The first-order chi connectivity index (χ1) is 10.2. The molecule has 1 atom stereocenters. The van der Waals surface area contributed by atoms with Crippen molar-refractivity contribution in [2.45, 2.75) is 39.4 Å². The maximum absolute atomic E-state index is 12.2. The number of rotatable bonds is 6. The predicted molar refractivity (Wildman–Crippen MR) is 80.6 cm³/mol. The second-order valence-electron chi connectivity index (χ2n) is 5.22. The molecule has 0 aliphatic carbocycles. The van der Waals surface area contributed by atoms with Gasteiger partial charge in [0, 0.05) is 12.1 Å². The van der Waals surface area contributed by atoms with Gasteiger partial charge in [0.15, 0.2) is 11.5 Å². The van der Waals surface area contributed by atoms with Crippen molar-refractivity contribution in [1.82, 2.24) is 4.90 Å². The zero-order chi connectivity index (χ0) is 17.0. The molecule has 8 nitrogen and oxygen atoms in total. The van der Waals surface area contributed by atoms with Crippen molar-refractivity contribution in [1.29, 1.82) is 0 Å². The lowest BCUT2D eigenvalue weighted by atomic mass is 10.1. The number of methoxy groups -OCH3 is 1. The normalized spacial score (nSPS) is 12.1. The summed E-state index contributed by atoms with van der Waals surface area (Å²) in [7, 11) is 1.35. The minimum Gasteiger partial charge on any atom is -0.504 e. The number of carbonyl (C=O) groups is 1. The van der Waals surface area contributed by atoms with E-state index in [-0.39, 0.29) is 41.2 Å². The molecule has 1 rings (SSSR count). The van der Waals surface area contributed by atoms with Gasteiger partial charge in [0.05, 0.1) is 30.2 Å². The van der Waals surface area contributed by atoms with Gasteiger partial charge in [-0.2, -0.15) is 0 Å². The van der Waals surface area contributed by atoms with Crippen LogP contribution in [0, 0.1) is 10.1 Å². The monoisotopic (exact) mass is 311 g/mol. The van der Waals surface area contributed by atoms with Gasteiger partial charge in [-0.3, -0.25) is 14.9 Å². The number of hydrogen-bond donors (Lipinski definition) is 2. The zero-order valence-corrected chi connectivity index (χ0v) is 13.1. The lowest BCUT2D eigenvalue weighted by molar-refractivity contribution is -0.385. The van der Waals surface area contributed by atoms with E-state index in [2.05, 4.69) is 0 Å². The molecule has 0 spiro atoms. The van der Waals surface area contributed by atoms with E-state index in [0.717, 1.165) is 0 Å². The van der Waals surface area contributed by atoms with Crippen molar-refractivity contribution in [3.8, 4) is 11.5 Å². The van der Waals surface area contributed by atoms with Crippen LogP contribution in [0.1, 0.15) is 26.3 Å². The molecular formula is C14H21N3O5. The van der Waals surface area contributed by atoms with E-state index < -0.39 is 11.0 Å². The summed E-state index contributed by atoms with van der Waals surface area (Å²) >= 11 is 0. The van der Waals surface area contributed by atoms with Crippen molar-refractivity contribution in [2.75, 3.05) is 7.11 Å².